The zero-order chi connectivity index (χ0) is 14.1. The molecule has 0 aromatic heterocycles. The molecule has 1 nitrogen and oxygen atoms in total. The first-order valence-electron chi connectivity index (χ1n) is 6.73. The highest BCUT2D eigenvalue weighted by molar-refractivity contribution is 9.09. The van der Waals surface area contributed by atoms with Crippen molar-refractivity contribution < 1.29 is 4.74 Å². The predicted molar refractivity (Wildman–Crippen MR) is 87.0 cm³/mol. The number of rotatable bonds is 4. The van der Waals surface area contributed by atoms with E-state index >= 15 is 0 Å². The Labute approximate surface area is 133 Å². The van der Waals surface area contributed by atoms with E-state index in [1.54, 1.807) is 7.11 Å². The van der Waals surface area contributed by atoms with Crippen LogP contribution in [0.5, 0.6) is 5.75 Å². The van der Waals surface area contributed by atoms with Crippen molar-refractivity contribution in [3.63, 3.8) is 0 Å². The fourth-order valence-corrected chi connectivity index (χ4v) is 3.90. The van der Waals surface area contributed by atoms with Crippen molar-refractivity contribution in [2.45, 2.75) is 17.2 Å². The lowest BCUT2D eigenvalue weighted by molar-refractivity contribution is 0.408. The van der Waals surface area contributed by atoms with Gasteiger partial charge in [-0.2, -0.15) is 0 Å². The second-order valence-electron chi connectivity index (χ2n) is 5.20. The molecule has 0 radical (unpaired) electrons. The van der Waals surface area contributed by atoms with Crippen molar-refractivity contribution in [3.05, 3.63) is 64.7 Å². The van der Waals surface area contributed by atoms with E-state index in [0.29, 0.717) is 11.8 Å². The summed E-state index contributed by atoms with van der Waals surface area (Å²) in [5.74, 6) is 2.13. The van der Waals surface area contributed by atoms with Crippen LogP contribution >= 0.6 is 27.5 Å². The molecule has 2 aromatic carbocycles. The molecule has 0 bridgehead atoms. The fraction of sp³-hybridized carbons (Fsp3) is 0.294. The maximum atomic E-state index is 6.12. The SMILES string of the molecule is COc1ccc(Cl)cc1C(Br)C1CC1c1ccccc1. The molecule has 3 unspecified atom stereocenters. The van der Waals surface area contributed by atoms with Crippen LogP contribution in [0.25, 0.3) is 0 Å². The van der Waals surface area contributed by atoms with Crippen LogP contribution in [-0.2, 0) is 0 Å². The lowest BCUT2D eigenvalue weighted by atomic mass is 10.0. The second kappa shape index (κ2) is 5.79. The fourth-order valence-electron chi connectivity index (χ4n) is 2.77. The summed E-state index contributed by atoms with van der Waals surface area (Å²) in [5, 5.41) is 0.752. The summed E-state index contributed by atoms with van der Waals surface area (Å²) in [6.07, 6.45) is 1.20. The van der Waals surface area contributed by atoms with Crippen molar-refractivity contribution in [1.29, 1.82) is 0 Å². The number of alkyl halides is 1. The normalized spacial score (nSPS) is 22.4. The number of ether oxygens (including phenoxy) is 1. The van der Waals surface area contributed by atoms with Crippen LogP contribution in [0.4, 0.5) is 0 Å². The first kappa shape index (κ1) is 14.0. The average Bonchev–Trinajstić information content (AvgIpc) is 3.28. The summed E-state index contributed by atoms with van der Waals surface area (Å²) >= 11 is 9.96. The summed E-state index contributed by atoms with van der Waals surface area (Å²) in [6.45, 7) is 0. The molecule has 3 heteroatoms. The van der Waals surface area contributed by atoms with E-state index in [-0.39, 0.29) is 4.83 Å². The van der Waals surface area contributed by atoms with Gasteiger partial charge in [-0.25, -0.2) is 0 Å². The number of benzene rings is 2. The zero-order valence-corrected chi connectivity index (χ0v) is 13.6. The van der Waals surface area contributed by atoms with Crippen LogP contribution in [0.3, 0.4) is 0 Å². The van der Waals surface area contributed by atoms with Gasteiger partial charge in [0.05, 0.1) is 7.11 Å². The van der Waals surface area contributed by atoms with E-state index in [1.165, 1.54) is 12.0 Å². The summed E-state index contributed by atoms with van der Waals surface area (Å²) in [6, 6.07) is 16.5. The Kier molecular flexibility index (Phi) is 4.04. The van der Waals surface area contributed by atoms with Crippen molar-refractivity contribution in [1.82, 2.24) is 0 Å². The van der Waals surface area contributed by atoms with Gasteiger partial charge in [-0.05, 0) is 42.0 Å². The third-order valence-electron chi connectivity index (χ3n) is 3.93. The molecular formula is C17H16BrClO. The average molecular weight is 352 g/mol. The molecule has 0 saturated heterocycles. The topological polar surface area (TPSA) is 9.23 Å². The molecule has 20 heavy (non-hydrogen) atoms. The van der Waals surface area contributed by atoms with Gasteiger partial charge in [-0.15, -0.1) is 0 Å². The molecule has 3 rings (SSSR count). The monoisotopic (exact) mass is 350 g/mol. The molecule has 1 aliphatic carbocycles. The maximum absolute atomic E-state index is 6.12. The van der Waals surface area contributed by atoms with E-state index in [1.807, 2.05) is 18.2 Å². The standard InChI is InChI=1S/C17H16BrClO/c1-20-16-8-7-12(19)9-15(16)17(18)14-10-13(14)11-5-3-2-4-6-11/h2-9,13-14,17H,10H2,1H3. The number of hydrogen-bond donors (Lipinski definition) is 0. The van der Waals surface area contributed by atoms with Crippen molar-refractivity contribution in [3.8, 4) is 5.75 Å². The minimum absolute atomic E-state index is 0.279. The minimum Gasteiger partial charge on any atom is -0.496 e. The highest BCUT2D eigenvalue weighted by Gasteiger charge is 2.44. The van der Waals surface area contributed by atoms with Gasteiger partial charge in [0.25, 0.3) is 0 Å². The molecule has 2 aromatic rings. The molecule has 104 valence electrons. The lowest BCUT2D eigenvalue weighted by Crippen LogP contribution is -1.98. The van der Waals surface area contributed by atoms with E-state index in [9.17, 15) is 0 Å². The highest BCUT2D eigenvalue weighted by Crippen LogP contribution is 2.58. The lowest BCUT2D eigenvalue weighted by Gasteiger charge is -2.15. The van der Waals surface area contributed by atoms with E-state index in [2.05, 4.69) is 46.3 Å². The van der Waals surface area contributed by atoms with Crippen LogP contribution in [0.15, 0.2) is 48.5 Å². The van der Waals surface area contributed by atoms with Gasteiger partial charge < -0.3 is 4.74 Å². The van der Waals surface area contributed by atoms with Crippen LogP contribution in [0.1, 0.15) is 28.3 Å². The van der Waals surface area contributed by atoms with E-state index in [0.717, 1.165) is 16.3 Å². The molecule has 0 N–H and O–H groups in total. The molecule has 0 aliphatic heterocycles. The van der Waals surface area contributed by atoms with Crippen molar-refractivity contribution in [2.24, 2.45) is 5.92 Å². The van der Waals surface area contributed by atoms with Gasteiger partial charge in [0.1, 0.15) is 5.75 Å². The summed E-state index contributed by atoms with van der Waals surface area (Å²) in [5.41, 5.74) is 2.56. The summed E-state index contributed by atoms with van der Waals surface area (Å²) in [7, 11) is 1.70. The molecule has 3 atom stereocenters. The van der Waals surface area contributed by atoms with Crippen molar-refractivity contribution in [2.75, 3.05) is 7.11 Å². The Morgan fingerprint density at radius 1 is 1.20 bits per heavy atom. The Bertz CT molecular complexity index is 599. The van der Waals surface area contributed by atoms with Crippen LogP contribution in [-0.4, -0.2) is 7.11 Å². The number of methoxy groups -OCH3 is 1. The van der Waals surface area contributed by atoms with Gasteiger partial charge >= 0.3 is 0 Å². The van der Waals surface area contributed by atoms with E-state index < -0.39 is 0 Å². The smallest absolute Gasteiger partial charge is 0.123 e. The second-order valence-corrected chi connectivity index (χ2v) is 6.63. The Hall–Kier alpha value is -0.990. The molecule has 0 spiro atoms. The van der Waals surface area contributed by atoms with Gasteiger partial charge in [-0.3, -0.25) is 0 Å². The first-order chi connectivity index (χ1) is 9.70. The quantitative estimate of drug-likeness (QED) is 0.653. The van der Waals surface area contributed by atoms with Gasteiger partial charge in [0.2, 0.25) is 0 Å². The molecule has 1 fully saturated rings. The predicted octanol–water partition coefficient (Wildman–Crippen LogP) is 5.59. The largest absolute Gasteiger partial charge is 0.496 e. The summed E-state index contributed by atoms with van der Waals surface area (Å²) < 4.78 is 5.45. The van der Waals surface area contributed by atoms with Gasteiger partial charge in [0.15, 0.2) is 0 Å². The molecule has 1 saturated carbocycles. The third-order valence-corrected chi connectivity index (χ3v) is 5.34. The highest BCUT2D eigenvalue weighted by atomic mass is 79.9. The molecule has 1 aliphatic rings. The first-order valence-corrected chi connectivity index (χ1v) is 8.02. The minimum atomic E-state index is 0.279. The number of halogens is 2. The summed E-state index contributed by atoms with van der Waals surface area (Å²) in [4.78, 5) is 0.279. The zero-order valence-electron chi connectivity index (χ0n) is 11.2. The Balaban J connectivity index is 1.81. The van der Waals surface area contributed by atoms with Crippen LogP contribution < -0.4 is 4.74 Å². The van der Waals surface area contributed by atoms with Crippen LogP contribution in [0, 0.1) is 5.92 Å². The third kappa shape index (κ3) is 2.72. The van der Waals surface area contributed by atoms with E-state index in [4.69, 9.17) is 16.3 Å². The maximum Gasteiger partial charge on any atom is 0.123 e. The molecule has 0 heterocycles. The number of hydrogen-bond acceptors (Lipinski definition) is 1. The Morgan fingerprint density at radius 2 is 1.95 bits per heavy atom. The van der Waals surface area contributed by atoms with Crippen molar-refractivity contribution >= 4 is 27.5 Å². The van der Waals surface area contributed by atoms with Gasteiger partial charge in [0, 0.05) is 15.4 Å². The van der Waals surface area contributed by atoms with Crippen LogP contribution in [0.2, 0.25) is 5.02 Å². The van der Waals surface area contributed by atoms with Gasteiger partial charge in [-0.1, -0.05) is 57.9 Å². The molecular weight excluding hydrogens is 336 g/mol. The molecule has 0 amide bonds. The Morgan fingerprint density at radius 3 is 2.65 bits per heavy atom.